The number of hydrogen-bond acceptors (Lipinski definition) is 6. The van der Waals surface area contributed by atoms with Gasteiger partial charge in [0.2, 0.25) is 0 Å². The van der Waals surface area contributed by atoms with Crippen molar-refractivity contribution < 1.29 is 26.9 Å². The van der Waals surface area contributed by atoms with E-state index in [1.165, 1.54) is 31.4 Å². The fraction of sp³-hybridized carbons (Fsp3) is 0.0909. The van der Waals surface area contributed by atoms with Crippen LogP contribution in [0.2, 0.25) is 5.02 Å². The topological polar surface area (TPSA) is 111 Å². The van der Waals surface area contributed by atoms with Crippen LogP contribution in [0.5, 0.6) is 11.5 Å². The van der Waals surface area contributed by atoms with Crippen molar-refractivity contribution in [1.82, 2.24) is 5.32 Å². The van der Waals surface area contributed by atoms with Crippen molar-refractivity contribution in [1.29, 1.82) is 0 Å². The highest BCUT2D eigenvalue weighted by Gasteiger charge is 2.18. The van der Waals surface area contributed by atoms with Crippen molar-refractivity contribution in [2.24, 2.45) is 0 Å². The zero-order valence-electron chi connectivity index (χ0n) is 17.1. The van der Waals surface area contributed by atoms with E-state index in [2.05, 4.69) is 10.6 Å². The first-order valence-electron chi connectivity index (χ1n) is 9.21. The minimum Gasteiger partial charge on any atom is -0.496 e. The van der Waals surface area contributed by atoms with E-state index in [0.29, 0.717) is 16.5 Å². The van der Waals surface area contributed by atoms with E-state index in [1.54, 1.807) is 30.3 Å². The molecule has 0 atom stereocenters. The van der Waals surface area contributed by atoms with Crippen LogP contribution >= 0.6 is 11.6 Å². The summed E-state index contributed by atoms with van der Waals surface area (Å²) in [4.78, 5) is 24.8. The lowest BCUT2D eigenvalue weighted by Gasteiger charge is -2.13. The molecule has 0 saturated heterocycles. The standard InChI is InChI=1S/C22H19ClN2O6S/c1-30-20-13-16(11-12-17(20)14-7-9-15(23)10-8-14)24-22(27)25-21(26)18-5-3-4-6-19(18)31-32(2,28)29/h3-13H,1-2H3,(H2,24,25,26,27). The Labute approximate surface area is 190 Å². The van der Waals surface area contributed by atoms with Gasteiger partial charge in [0.1, 0.15) is 5.75 Å². The number of carbonyl (C=O) groups excluding carboxylic acids is 2. The molecule has 0 bridgehead atoms. The largest absolute Gasteiger partial charge is 0.496 e. The van der Waals surface area contributed by atoms with Crippen molar-refractivity contribution in [3.63, 3.8) is 0 Å². The fourth-order valence-electron chi connectivity index (χ4n) is 2.86. The third-order valence-corrected chi connectivity index (χ3v) is 4.95. The maximum absolute atomic E-state index is 12.5. The van der Waals surface area contributed by atoms with E-state index in [9.17, 15) is 18.0 Å². The molecule has 3 aromatic carbocycles. The Hall–Kier alpha value is -3.56. The zero-order valence-corrected chi connectivity index (χ0v) is 18.7. The fourth-order valence-corrected chi connectivity index (χ4v) is 3.46. The first-order chi connectivity index (χ1) is 15.2. The number of halogens is 1. The van der Waals surface area contributed by atoms with E-state index < -0.39 is 22.1 Å². The number of benzene rings is 3. The number of nitrogens with one attached hydrogen (secondary N) is 2. The smallest absolute Gasteiger partial charge is 0.326 e. The molecule has 0 radical (unpaired) electrons. The first-order valence-corrected chi connectivity index (χ1v) is 11.4. The van der Waals surface area contributed by atoms with Crippen molar-refractivity contribution in [2.45, 2.75) is 0 Å². The van der Waals surface area contributed by atoms with Gasteiger partial charge in [0.05, 0.1) is 18.9 Å². The Balaban J connectivity index is 1.74. The van der Waals surface area contributed by atoms with E-state index in [0.717, 1.165) is 17.4 Å². The summed E-state index contributed by atoms with van der Waals surface area (Å²) in [5.41, 5.74) is 1.94. The molecule has 0 heterocycles. The lowest BCUT2D eigenvalue weighted by molar-refractivity contribution is 0.0965. The number of carbonyl (C=O) groups is 2. The van der Waals surface area contributed by atoms with Crippen molar-refractivity contribution in [3.05, 3.63) is 77.3 Å². The minimum absolute atomic E-state index is 0.108. The summed E-state index contributed by atoms with van der Waals surface area (Å²) in [7, 11) is -2.35. The number of amides is 3. The van der Waals surface area contributed by atoms with Crippen LogP contribution in [0.1, 0.15) is 10.4 Å². The summed E-state index contributed by atoms with van der Waals surface area (Å²) in [6.07, 6.45) is 0.857. The maximum Gasteiger partial charge on any atom is 0.326 e. The lowest BCUT2D eigenvalue weighted by atomic mass is 10.0. The average molecular weight is 475 g/mol. The Morgan fingerprint density at radius 3 is 2.28 bits per heavy atom. The van der Waals surface area contributed by atoms with Gasteiger partial charge in [-0.2, -0.15) is 8.42 Å². The van der Waals surface area contributed by atoms with Gasteiger partial charge in [-0.15, -0.1) is 0 Å². The molecule has 0 aliphatic carbocycles. The number of rotatable bonds is 6. The second kappa shape index (κ2) is 9.71. The summed E-state index contributed by atoms with van der Waals surface area (Å²) in [5, 5.41) is 5.29. The molecule has 32 heavy (non-hydrogen) atoms. The summed E-state index contributed by atoms with van der Waals surface area (Å²) >= 11 is 5.93. The summed E-state index contributed by atoms with van der Waals surface area (Å²) in [5.74, 6) is -0.510. The lowest BCUT2D eigenvalue weighted by Crippen LogP contribution is -2.34. The molecule has 8 nitrogen and oxygen atoms in total. The second-order valence-corrected chi connectivity index (χ2v) is 8.63. The van der Waals surface area contributed by atoms with Crippen LogP contribution in [0.4, 0.5) is 10.5 Å². The minimum atomic E-state index is -3.85. The predicted molar refractivity (Wildman–Crippen MR) is 122 cm³/mol. The van der Waals surface area contributed by atoms with Crippen molar-refractivity contribution in [3.8, 4) is 22.6 Å². The van der Waals surface area contributed by atoms with E-state index in [4.69, 9.17) is 20.5 Å². The molecule has 0 aliphatic heterocycles. The third kappa shape index (κ3) is 5.99. The third-order valence-electron chi connectivity index (χ3n) is 4.21. The molecule has 0 aromatic heterocycles. The molecule has 10 heteroatoms. The van der Waals surface area contributed by atoms with Gasteiger partial charge in [0, 0.05) is 22.3 Å². The molecule has 0 spiro atoms. The van der Waals surface area contributed by atoms with Crippen LogP contribution < -0.4 is 19.6 Å². The van der Waals surface area contributed by atoms with Crippen LogP contribution in [0.15, 0.2) is 66.7 Å². The van der Waals surface area contributed by atoms with Gasteiger partial charge in [0.15, 0.2) is 5.75 Å². The van der Waals surface area contributed by atoms with Gasteiger partial charge >= 0.3 is 16.1 Å². The quantitative estimate of drug-likeness (QED) is 0.515. The molecule has 3 amide bonds. The van der Waals surface area contributed by atoms with E-state index >= 15 is 0 Å². The number of urea groups is 1. The Morgan fingerprint density at radius 1 is 0.938 bits per heavy atom. The maximum atomic E-state index is 12.5. The number of para-hydroxylation sites is 1. The number of anilines is 1. The van der Waals surface area contributed by atoms with Crippen LogP contribution in [0.3, 0.4) is 0 Å². The van der Waals surface area contributed by atoms with Gasteiger partial charge in [-0.25, -0.2) is 4.79 Å². The predicted octanol–water partition coefficient (Wildman–Crippen LogP) is 4.32. The summed E-state index contributed by atoms with van der Waals surface area (Å²) < 4.78 is 33.0. The monoisotopic (exact) mass is 474 g/mol. The molecule has 3 rings (SSSR count). The van der Waals surface area contributed by atoms with Crippen molar-refractivity contribution in [2.75, 3.05) is 18.7 Å². The summed E-state index contributed by atoms with van der Waals surface area (Å²) in [6.45, 7) is 0. The zero-order chi connectivity index (χ0) is 23.3. The van der Waals surface area contributed by atoms with E-state index in [1.807, 2.05) is 12.1 Å². The number of imide groups is 1. The Kier molecular flexibility index (Phi) is 7.01. The SMILES string of the molecule is COc1cc(NC(=O)NC(=O)c2ccccc2OS(C)(=O)=O)ccc1-c1ccc(Cl)cc1. The van der Waals surface area contributed by atoms with Gasteiger partial charge in [-0.05, 0) is 42.0 Å². The second-order valence-electron chi connectivity index (χ2n) is 6.61. The Morgan fingerprint density at radius 2 is 1.62 bits per heavy atom. The summed E-state index contributed by atoms with van der Waals surface area (Å²) in [6, 6.07) is 17.1. The van der Waals surface area contributed by atoms with E-state index in [-0.39, 0.29) is 11.3 Å². The molecular weight excluding hydrogens is 456 g/mol. The van der Waals surface area contributed by atoms with Crippen molar-refractivity contribution >= 4 is 39.3 Å². The molecule has 0 fully saturated rings. The van der Waals surface area contributed by atoms with Gasteiger partial charge in [0.25, 0.3) is 5.91 Å². The number of ether oxygens (including phenoxy) is 1. The molecule has 0 aliphatic rings. The highest BCUT2D eigenvalue weighted by molar-refractivity contribution is 7.86. The molecule has 3 aromatic rings. The van der Waals surface area contributed by atoms with Gasteiger partial charge in [-0.3, -0.25) is 10.1 Å². The first kappa shape index (κ1) is 23.1. The van der Waals surface area contributed by atoms with Crippen LogP contribution in [-0.4, -0.2) is 33.7 Å². The normalized spacial score (nSPS) is 10.8. The average Bonchev–Trinajstić information content (AvgIpc) is 2.73. The molecular formula is C22H19ClN2O6S. The number of hydrogen-bond donors (Lipinski definition) is 2. The van der Waals surface area contributed by atoms with Crippen LogP contribution in [0.25, 0.3) is 11.1 Å². The van der Waals surface area contributed by atoms with Gasteiger partial charge in [-0.1, -0.05) is 35.9 Å². The highest BCUT2D eigenvalue weighted by Crippen LogP contribution is 2.33. The van der Waals surface area contributed by atoms with Gasteiger partial charge < -0.3 is 14.2 Å². The molecule has 0 saturated carbocycles. The molecule has 166 valence electrons. The highest BCUT2D eigenvalue weighted by atomic mass is 35.5. The molecule has 2 N–H and O–H groups in total. The molecule has 0 unspecified atom stereocenters. The number of methoxy groups -OCH3 is 1. The Bertz CT molecular complexity index is 1260. The van der Waals surface area contributed by atoms with Crippen LogP contribution in [0, 0.1) is 0 Å². The van der Waals surface area contributed by atoms with Crippen LogP contribution in [-0.2, 0) is 10.1 Å².